The number of benzene rings is 1. The summed E-state index contributed by atoms with van der Waals surface area (Å²) in [6, 6.07) is 6.58. The fourth-order valence-electron chi connectivity index (χ4n) is 1.49. The molecule has 1 unspecified atom stereocenters. The van der Waals surface area contributed by atoms with Crippen molar-refractivity contribution < 1.29 is 14.1 Å². The second-order valence-electron chi connectivity index (χ2n) is 3.63. The number of carboxylic acids is 1. The van der Waals surface area contributed by atoms with E-state index in [4.69, 9.17) is 5.11 Å². The normalized spacial score (nSPS) is 12.3. The molecule has 100 valence electrons. The van der Waals surface area contributed by atoms with E-state index in [-0.39, 0.29) is 5.56 Å². The molecule has 0 saturated heterocycles. The number of thiophene rings is 1. The summed E-state index contributed by atoms with van der Waals surface area (Å²) in [5.74, 6) is -0.768. The molecule has 1 aromatic carbocycles. The Balaban J connectivity index is 2.36. The zero-order valence-corrected chi connectivity index (χ0v) is 14.2. The Morgan fingerprint density at radius 2 is 2.05 bits per heavy atom. The second-order valence-corrected chi connectivity index (χ2v) is 7.82. The van der Waals surface area contributed by atoms with E-state index < -0.39 is 16.8 Å². The first-order chi connectivity index (χ1) is 8.99. The predicted octanol–water partition coefficient (Wildman–Crippen LogP) is 4.28. The van der Waals surface area contributed by atoms with Crippen LogP contribution in [0.2, 0.25) is 0 Å². The Morgan fingerprint density at radius 3 is 2.63 bits per heavy atom. The van der Waals surface area contributed by atoms with Gasteiger partial charge in [0, 0.05) is 13.8 Å². The van der Waals surface area contributed by atoms with Gasteiger partial charge in [-0.1, -0.05) is 15.9 Å². The van der Waals surface area contributed by atoms with Gasteiger partial charge >= 0.3 is 5.97 Å². The molecule has 0 aliphatic carbocycles. The molecule has 0 bridgehead atoms. The van der Waals surface area contributed by atoms with Gasteiger partial charge in [-0.15, -0.1) is 11.3 Å². The Hall–Kier alpha value is -0.500. The van der Waals surface area contributed by atoms with Crippen LogP contribution in [-0.4, -0.2) is 15.3 Å². The molecule has 0 aliphatic rings. The van der Waals surface area contributed by atoms with E-state index in [2.05, 4.69) is 31.9 Å². The third-order valence-electron chi connectivity index (χ3n) is 2.37. The number of aromatic carboxylic acids is 1. The van der Waals surface area contributed by atoms with Crippen LogP contribution in [0, 0.1) is 0 Å². The fraction of sp³-hybridized carbons (Fsp3) is 0.0833. The van der Waals surface area contributed by atoms with Crippen molar-refractivity contribution in [2.24, 2.45) is 0 Å². The van der Waals surface area contributed by atoms with Gasteiger partial charge in [-0.25, -0.2) is 4.79 Å². The van der Waals surface area contributed by atoms with Gasteiger partial charge in [0.05, 0.1) is 27.0 Å². The first kappa shape index (κ1) is 14.9. The van der Waals surface area contributed by atoms with Crippen LogP contribution in [0.1, 0.15) is 15.2 Å². The lowest BCUT2D eigenvalue weighted by molar-refractivity contribution is 0.0693. The quantitative estimate of drug-likeness (QED) is 0.798. The van der Waals surface area contributed by atoms with E-state index in [0.717, 1.165) is 9.35 Å². The highest BCUT2D eigenvalue weighted by atomic mass is 79.9. The van der Waals surface area contributed by atoms with E-state index in [1.807, 2.05) is 11.4 Å². The first-order valence-corrected chi connectivity index (χ1v) is 8.90. The summed E-state index contributed by atoms with van der Waals surface area (Å²) >= 11 is 8.14. The second kappa shape index (κ2) is 6.30. The van der Waals surface area contributed by atoms with Crippen LogP contribution in [0.5, 0.6) is 0 Å². The smallest absolute Gasteiger partial charge is 0.336 e. The molecule has 7 heteroatoms. The summed E-state index contributed by atoms with van der Waals surface area (Å²) in [6.45, 7) is 0. The minimum Gasteiger partial charge on any atom is -0.478 e. The van der Waals surface area contributed by atoms with Crippen LogP contribution < -0.4 is 0 Å². The first-order valence-electron chi connectivity index (χ1n) is 5.12. The number of hydrogen-bond acceptors (Lipinski definition) is 3. The van der Waals surface area contributed by atoms with Crippen LogP contribution in [0.4, 0.5) is 0 Å². The minimum absolute atomic E-state index is 0.0780. The van der Waals surface area contributed by atoms with Crippen LogP contribution >= 0.6 is 43.2 Å². The highest BCUT2D eigenvalue weighted by Gasteiger charge is 2.17. The molecule has 1 N–H and O–H groups in total. The Labute approximate surface area is 133 Å². The lowest BCUT2D eigenvalue weighted by atomic mass is 10.2. The van der Waals surface area contributed by atoms with Crippen molar-refractivity contribution in [3.8, 4) is 0 Å². The monoisotopic (exact) mass is 422 g/mol. The lowest BCUT2D eigenvalue weighted by Gasteiger charge is -2.06. The van der Waals surface area contributed by atoms with Gasteiger partial charge in [-0.2, -0.15) is 0 Å². The third-order valence-corrected chi connectivity index (χ3v) is 6.35. The molecule has 19 heavy (non-hydrogen) atoms. The average Bonchev–Trinajstić information content (AvgIpc) is 2.74. The SMILES string of the molecule is O=C(O)c1ccc(Br)cc1S(=O)Cc1sccc1Br. The van der Waals surface area contributed by atoms with Crippen molar-refractivity contribution in [3.63, 3.8) is 0 Å². The van der Waals surface area contributed by atoms with Crippen molar-refractivity contribution in [3.05, 3.63) is 49.0 Å². The Morgan fingerprint density at radius 1 is 1.32 bits per heavy atom. The van der Waals surface area contributed by atoms with Gasteiger partial charge in [0.2, 0.25) is 0 Å². The van der Waals surface area contributed by atoms with Gasteiger partial charge in [0.25, 0.3) is 0 Å². The lowest BCUT2D eigenvalue weighted by Crippen LogP contribution is -2.05. The maximum absolute atomic E-state index is 12.4. The van der Waals surface area contributed by atoms with Crippen LogP contribution in [-0.2, 0) is 16.6 Å². The highest BCUT2D eigenvalue weighted by molar-refractivity contribution is 9.10. The van der Waals surface area contributed by atoms with Crippen molar-refractivity contribution in [2.45, 2.75) is 10.6 Å². The van der Waals surface area contributed by atoms with E-state index >= 15 is 0 Å². The van der Waals surface area contributed by atoms with Gasteiger partial charge in [0.1, 0.15) is 0 Å². The molecule has 0 radical (unpaired) electrons. The average molecular weight is 424 g/mol. The maximum atomic E-state index is 12.4. The third kappa shape index (κ3) is 3.53. The van der Waals surface area contributed by atoms with E-state index in [1.165, 1.54) is 17.4 Å². The number of carbonyl (C=O) groups is 1. The van der Waals surface area contributed by atoms with Crippen molar-refractivity contribution in [1.82, 2.24) is 0 Å². The van der Waals surface area contributed by atoms with Crippen LogP contribution in [0.25, 0.3) is 0 Å². The predicted molar refractivity (Wildman–Crippen MR) is 83.2 cm³/mol. The molecule has 1 atom stereocenters. The zero-order valence-electron chi connectivity index (χ0n) is 9.43. The molecule has 2 rings (SSSR count). The number of rotatable bonds is 4. The van der Waals surface area contributed by atoms with Gasteiger partial charge in [-0.05, 0) is 45.6 Å². The van der Waals surface area contributed by atoms with Crippen LogP contribution in [0.3, 0.4) is 0 Å². The van der Waals surface area contributed by atoms with Crippen molar-refractivity contribution in [2.75, 3.05) is 0 Å². The minimum atomic E-state index is -1.40. The summed E-state index contributed by atoms with van der Waals surface area (Å²) in [7, 11) is -1.40. The molecule has 0 saturated carbocycles. The molecule has 0 fully saturated rings. The molecule has 0 spiro atoms. The molecule has 1 heterocycles. The van der Waals surface area contributed by atoms with Crippen LogP contribution in [0.15, 0.2) is 43.5 Å². The fourth-order valence-corrected chi connectivity index (χ4v) is 5.26. The number of hydrogen-bond donors (Lipinski definition) is 1. The molecule has 3 nitrogen and oxygen atoms in total. The van der Waals surface area contributed by atoms with Gasteiger partial charge < -0.3 is 5.11 Å². The highest BCUT2D eigenvalue weighted by Crippen LogP contribution is 2.27. The van der Waals surface area contributed by atoms with Gasteiger partial charge in [-0.3, -0.25) is 4.21 Å². The molecular formula is C12H8Br2O3S2. The Kier molecular flexibility index (Phi) is 4.94. The largest absolute Gasteiger partial charge is 0.478 e. The van der Waals surface area contributed by atoms with Crippen molar-refractivity contribution >= 4 is 60.0 Å². The number of halogens is 2. The standard InChI is InChI=1S/C12H8Br2O3S2/c13-7-1-2-8(12(15)16)11(5-7)19(17)6-10-9(14)3-4-18-10/h1-5H,6H2,(H,15,16). The molecule has 1 aromatic heterocycles. The van der Waals surface area contributed by atoms with E-state index in [1.54, 1.807) is 12.1 Å². The number of carboxylic acid groups (broad SMARTS) is 1. The summed E-state index contributed by atoms with van der Waals surface area (Å²) in [5, 5.41) is 11.0. The topological polar surface area (TPSA) is 54.4 Å². The summed E-state index contributed by atoms with van der Waals surface area (Å²) in [5.41, 5.74) is 0.0780. The molecule has 0 aliphatic heterocycles. The molecule has 0 amide bonds. The summed E-state index contributed by atoms with van der Waals surface area (Å²) in [6.07, 6.45) is 0. The van der Waals surface area contributed by atoms with Crippen molar-refractivity contribution in [1.29, 1.82) is 0 Å². The van der Waals surface area contributed by atoms with E-state index in [0.29, 0.717) is 15.1 Å². The summed E-state index contributed by atoms with van der Waals surface area (Å²) in [4.78, 5) is 12.4. The zero-order chi connectivity index (χ0) is 14.0. The Bertz CT molecular complexity index is 652. The molecule has 2 aromatic rings. The summed E-state index contributed by atoms with van der Waals surface area (Å²) < 4.78 is 14.0. The molecular weight excluding hydrogens is 416 g/mol. The van der Waals surface area contributed by atoms with E-state index in [9.17, 15) is 9.00 Å². The van der Waals surface area contributed by atoms with Gasteiger partial charge in [0.15, 0.2) is 0 Å². The maximum Gasteiger partial charge on any atom is 0.336 e.